The van der Waals surface area contributed by atoms with E-state index in [1.807, 2.05) is 6.92 Å². The number of nitrogens with zero attached hydrogens (tertiary/aromatic N) is 3. The molecular weight excluding hydrogens is 431 g/mol. The van der Waals surface area contributed by atoms with Gasteiger partial charge in [-0.3, -0.25) is 14.5 Å². The molecule has 156 valence electrons. The number of hydrogen-bond acceptors (Lipinski definition) is 5. The maximum atomic E-state index is 12.8. The summed E-state index contributed by atoms with van der Waals surface area (Å²) in [6.07, 6.45) is 1.56. The van der Waals surface area contributed by atoms with E-state index in [2.05, 4.69) is 20.6 Å². The third kappa shape index (κ3) is 5.92. The van der Waals surface area contributed by atoms with Gasteiger partial charge in [0, 0.05) is 24.9 Å². The number of rotatable bonds is 6. The van der Waals surface area contributed by atoms with E-state index in [1.165, 1.54) is 4.90 Å². The highest BCUT2D eigenvalue weighted by Gasteiger charge is 2.28. The van der Waals surface area contributed by atoms with Crippen molar-refractivity contribution in [2.24, 2.45) is 5.92 Å². The minimum atomic E-state index is -0.327. The zero-order chi connectivity index (χ0) is 21.0. The molecule has 2 aromatic rings. The van der Waals surface area contributed by atoms with Crippen LogP contribution >= 0.6 is 34.5 Å². The van der Waals surface area contributed by atoms with E-state index in [9.17, 15) is 9.59 Å². The number of aryl methyl sites for hydroxylation is 1. The molecule has 0 atom stereocenters. The number of likely N-dealkylation sites (tertiary alicyclic amines) is 1. The zero-order valence-electron chi connectivity index (χ0n) is 16.5. The Hall–Kier alpha value is -1.67. The quantitative estimate of drug-likeness (QED) is 0.714. The van der Waals surface area contributed by atoms with Gasteiger partial charge in [-0.2, -0.15) is 0 Å². The van der Waals surface area contributed by atoms with Crippen LogP contribution in [0.5, 0.6) is 0 Å². The summed E-state index contributed by atoms with van der Waals surface area (Å²) in [5.74, 6) is -0.396. The van der Waals surface area contributed by atoms with E-state index in [4.69, 9.17) is 23.2 Å². The van der Waals surface area contributed by atoms with E-state index in [1.54, 1.807) is 36.6 Å². The molecule has 1 N–H and O–H groups in total. The molecule has 0 spiro atoms. The van der Waals surface area contributed by atoms with Gasteiger partial charge in [0.05, 0.1) is 33.0 Å². The van der Waals surface area contributed by atoms with Crippen LogP contribution in [-0.2, 0) is 16.1 Å². The van der Waals surface area contributed by atoms with Crippen molar-refractivity contribution in [1.82, 2.24) is 14.8 Å². The van der Waals surface area contributed by atoms with Gasteiger partial charge in [0.2, 0.25) is 11.8 Å². The van der Waals surface area contributed by atoms with Gasteiger partial charge in [-0.25, -0.2) is 4.98 Å². The lowest BCUT2D eigenvalue weighted by Gasteiger charge is -2.32. The van der Waals surface area contributed by atoms with Crippen LogP contribution in [0.1, 0.15) is 23.5 Å². The first-order valence-corrected chi connectivity index (χ1v) is 11.1. The van der Waals surface area contributed by atoms with Gasteiger partial charge in [-0.1, -0.05) is 29.3 Å². The number of benzene rings is 1. The van der Waals surface area contributed by atoms with Crippen molar-refractivity contribution in [3.05, 3.63) is 44.3 Å². The Morgan fingerprint density at radius 3 is 2.52 bits per heavy atom. The van der Waals surface area contributed by atoms with E-state index in [0.29, 0.717) is 15.7 Å². The molecule has 0 aliphatic carbocycles. The molecular formula is C20H24Cl2N4O2S. The van der Waals surface area contributed by atoms with Crippen LogP contribution in [0.3, 0.4) is 0 Å². The van der Waals surface area contributed by atoms with Crippen molar-refractivity contribution in [1.29, 1.82) is 0 Å². The fraction of sp³-hybridized carbons (Fsp3) is 0.450. The van der Waals surface area contributed by atoms with Crippen molar-refractivity contribution in [3.63, 3.8) is 0 Å². The van der Waals surface area contributed by atoms with Crippen LogP contribution in [0.2, 0.25) is 10.0 Å². The zero-order valence-corrected chi connectivity index (χ0v) is 18.8. The van der Waals surface area contributed by atoms with E-state index >= 15 is 0 Å². The Morgan fingerprint density at radius 2 is 1.93 bits per heavy atom. The average molecular weight is 455 g/mol. The number of piperidine rings is 1. The van der Waals surface area contributed by atoms with Gasteiger partial charge >= 0.3 is 0 Å². The number of halogens is 2. The highest BCUT2D eigenvalue weighted by atomic mass is 35.5. The summed E-state index contributed by atoms with van der Waals surface area (Å²) in [5.41, 5.74) is 1.46. The SMILES string of the molecule is Cc1nc(CN2CCC(C(=O)N(C)CC(=O)Nc3c(Cl)cccc3Cl)CC2)cs1. The van der Waals surface area contributed by atoms with Crippen LogP contribution in [-0.4, -0.2) is 53.3 Å². The van der Waals surface area contributed by atoms with Gasteiger partial charge in [0.15, 0.2) is 0 Å². The number of nitrogens with one attached hydrogen (secondary N) is 1. The normalized spacial score (nSPS) is 15.3. The Labute approximate surface area is 184 Å². The minimum Gasteiger partial charge on any atom is -0.336 e. The first kappa shape index (κ1) is 22.0. The van der Waals surface area contributed by atoms with E-state index < -0.39 is 0 Å². The number of carbonyl (C=O) groups excluding carboxylic acids is 2. The Kier molecular flexibility index (Phi) is 7.51. The van der Waals surface area contributed by atoms with Crippen molar-refractivity contribution < 1.29 is 9.59 Å². The standard InChI is InChI=1S/C20H24Cl2N4O2S/c1-13-23-15(12-29-13)10-26-8-6-14(7-9-26)20(28)25(2)11-18(27)24-19-16(21)4-3-5-17(19)22/h3-5,12,14H,6-11H2,1-2H3,(H,24,27). The number of amides is 2. The first-order valence-electron chi connectivity index (χ1n) is 9.45. The van der Waals surface area contributed by atoms with Crippen molar-refractivity contribution in [2.45, 2.75) is 26.3 Å². The van der Waals surface area contributed by atoms with E-state index in [0.717, 1.165) is 43.2 Å². The molecule has 6 nitrogen and oxygen atoms in total. The maximum absolute atomic E-state index is 12.8. The molecule has 9 heteroatoms. The topological polar surface area (TPSA) is 65.5 Å². The second-order valence-electron chi connectivity index (χ2n) is 7.25. The molecule has 1 saturated heterocycles. The number of hydrogen-bond donors (Lipinski definition) is 1. The molecule has 0 radical (unpaired) electrons. The smallest absolute Gasteiger partial charge is 0.244 e. The van der Waals surface area contributed by atoms with Gasteiger partial charge in [0.25, 0.3) is 0 Å². The number of carbonyl (C=O) groups is 2. The molecule has 1 aliphatic heterocycles. The van der Waals surface area contributed by atoms with E-state index in [-0.39, 0.29) is 24.3 Å². The van der Waals surface area contributed by atoms with Crippen molar-refractivity contribution in [2.75, 3.05) is 32.0 Å². The molecule has 29 heavy (non-hydrogen) atoms. The molecule has 2 amide bonds. The number of para-hydroxylation sites is 1. The lowest BCUT2D eigenvalue weighted by atomic mass is 9.95. The summed E-state index contributed by atoms with van der Waals surface area (Å²) < 4.78 is 0. The summed E-state index contributed by atoms with van der Waals surface area (Å²) in [6.45, 7) is 4.48. The largest absolute Gasteiger partial charge is 0.336 e. The fourth-order valence-corrected chi connectivity index (χ4v) is 4.54. The maximum Gasteiger partial charge on any atom is 0.244 e. The lowest BCUT2D eigenvalue weighted by molar-refractivity contribution is -0.138. The van der Waals surface area contributed by atoms with Gasteiger partial charge in [-0.15, -0.1) is 11.3 Å². The summed E-state index contributed by atoms with van der Waals surface area (Å²) in [7, 11) is 1.65. The molecule has 2 heterocycles. The summed E-state index contributed by atoms with van der Waals surface area (Å²) in [4.78, 5) is 33.4. The van der Waals surface area contributed by atoms with Crippen LogP contribution in [0.4, 0.5) is 5.69 Å². The monoisotopic (exact) mass is 454 g/mol. The molecule has 1 fully saturated rings. The van der Waals surface area contributed by atoms with Crippen LogP contribution in [0.15, 0.2) is 23.6 Å². The highest BCUT2D eigenvalue weighted by molar-refractivity contribution is 7.09. The van der Waals surface area contributed by atoms with Gasteiger partial charge in [-0.05, 0) is 45.0 Å². The van der Waals surface area contributed by atoms with Crippen LogP contribution in [0, 0.1) is 12.8 Å². The van der Waals surface area contributed by atoms with Gasteiger partial charge in [0.1, 0.15) is 0 Å². The van der Waals surface area contributed by atoms with Crippen molar-refractivity contribution >= 4 is 52.0 Å². The van der Waals surface area contributed by atoms with Crippen LogP contribution in [0.25, 0.3) is 0 Å². The predicted molar refractivity (Wildman–Crippen MR) is 118 cm³/mol. The minimum absolute atomic E-state index is 0.00504. The number of thiazole rings is 1. The number of likely N-dealkylation sites (N-methyl/N-ethyl adjacent to an activating group) is 1. The van der Waals surface area contributed by atoms with Crippen molar-refractivity contribution in [3.8, 4) is 0 Å². The first-order chi connectivity index (χ1) is 13.8. The summed E-state index contributed by atoms with van der Waals surface area (Å²) >= 11 is 13.8. The molecule has 1 aromatic carbocycles. The van der Waals surface area contributed by atoms with Crippen LogP contribution < -0.4 is 5.32 Å². The highest BCUT2D eigenvalue weighted by Crippen LogP contribution is 2.29. The molecule has 0 bridgehead atoms. The Balaban J connectivity index is 1.47. The number of aromatic nitrogens is 1. The molecule has 3 rings (SSSR count). The summed E-state index contributed by atoms with van der Waals surface area (Å²) in [5, 5.41) is 6.58. The Bertz CT molecular complexity index is 861. The molecule has 0 unspecified atom stereocenters. The predicted octanol–water partition coefficient (Wildman–Crippen LogP) is 4.07. The average Bonchev–Trinajstić information content (AvgIpc) is 3.09. The molecule has 0 saturated carbocycles. The number of anilines is 1. The second-order valence-corrected chi connectivity index (χ2v) is 9.12. The fourth-order valence-electron chi connectivity index (χ4n) is 3.45. The summed E-state index contributed by atoms with van der Waals surface area (Å²) in [6, 6.07) is 5.01. The Morgan fingerprint density at radius 1 is 1.28 bits per heavy atom. The van der Waals surface area contributed by atoms with Gasteiger partial charge < -0.3 is 10.2 Å². The molecule has 1 aliphatic rings. The third-order valence-electron chi connectivity index (χ3n) is 4.97. The third-order valence-corrected chi connectivity index (χ3v) is 6.43. The lowest BCUT2D eigenvalue weighted by Crippen LogP contribution is -2.43. The molecule has 1 aromatic heterocycles. The second kappa shape index (κ2) is 9.89.